The van der Waals surface area contributed by atoms with E-state index >= 15 is 0 Å². The van der Waals surface area contributed by atoms with Crippen molar-refractivity contribution in [2.24, 2.45) is 0 Å². The van der Waals surface area contributed by atoms with Gasteiger partial charge < -0.3 is 10.1 Å². The fourth-order valence-corrected chi connectivity index (χ4v) is 5.73. The van der Waals surface area contributed by atoms with Crippen LogP contribution in [-0.4, -0.2) is 49.3 Å². The fraction of sp³-hybridized carbons (Fsp3) is 0.346. The number of carbonyl (C=O) groups excluding carboxylic acids is 2. The summed E-state index contributed by atoms with van der Waals surface area (Å²) in [5.41, 5.74) is 3.73. The highest BCUT2D eigenvalue weighted by atomic mass is 32.2. The number of aromatic nitrogens is 1. The van der Waals surface area contributed by atoms with Crippen molar-refractivity contribution in [1.82, 2.24) is 9.29 Å². The molecule has 35 heavy (non-hydrogen) atoms. The van der Waals surface area contributed by atoms with Gasteiger partial charge in [-0.25, -0.2) is 13.2 Å². The van der Waals surface area contributed by atoms with Crippen molar-refractivity contribution in [2.75, 3.05) is 25.0 Å². The standard InChI is InChI=1S/C26H29N3O5S/c1-17-7-10-23-21(13-17)22(14-19(3)27-23)26(31)34-16-25(30)28-24-15-20(9-8-18(24)2)35(32,33)29-11-5-4-6-12-29/h7-10,13-15H,4-6,11-12,16H2,1-3H3,(H,28,30). The minimum atomic E-state index is -3.64. The summed E-state index contributed by atoms with van der Waals surface area (Å²) in [6, 6.07) is 11.9. The highest BCUT2D eigenvalue weighted by Crippen LogP contribution is 2.25. The number of benzene rings is 2. The second-order valence-electron chi connectivity index (χ2n) is 8.90. The van der Waals surface area contributed by atoms with Gasteiger partial charge in [0.25, 0.3) is 5.91 Å². The lowest BCUT2D eigenvalue weighted by atomic mass is 10.1. The molecule has 1 aliphatic heterocycles. The number of hydrogen-bond donors (Lipinski definition) is 1. The molecule has 0 radical (unpaired) electrons. The lowest BCUT2D eigenvalue weighted by Gasteiger charge is -2.26. The van der Waals surface area contributed by atoms with Gasteiger partial charge in [-0.3, -0.25) is 9.78 Å². The summed E-state index contributed by atoms with van der Waals surface area (Å²) in [4.78, 5) is 30.0. The average Bonchev–Trinajstić information content (AvgIpc) is 2.84. The van der Waals surface area contributed by atoms with Crippen LogP contribution in [0.1, 0.15) is 46.4 Å². The van der Waals surface area contributed by atoms with Crippen LogP contribution in [-0.2, 0) is 19.6 Å². The number of esters is 1. The molecular weight excluding hydrogens is 466 g/mol. The Morgan fingerprint density at radius 1 is 1.00 bits per heavy atom. The Labute approximate surface area is 205 Å². The van der Waals surface area contributed by atoms with Crippen LogP contribution in [0.5, 0.6) is 0 Å². The topological polar surface area (TPSA) is 106 Å². The Kier molecular flexibility index (Phi) is 7.18. The maximum Gasteiger partial charge on any atom is 0.339 e. The molecule has 2 aromatic carbocycles. The predicted octanol–water partition coefficient (Wildman–Crippen LogP) is 4.13. The van der Waals surface area contributed by atoms with Gasteiger partial charge in [-0.15, -0.1) is 0 Å². The molecule has 1 aromatic heterocycles. The van der Waals surface area contributed by atoms with Crippen molar-refractivity contribution in [3.8, 4) is 0 Å². The van der Waals surface area contributed by atoms with Crippen LogP contribution in [0.2, 0.25) is 0 Å². The van der Waals surface area contributed by atoms with E-state index in [1.807, 2.05) is 25.1 Å². The molecule has 1 aliphatic rings. The summed E-state index contributed by atoms with van der Waals surface area (Å²) in [5.74, 6) is -1.18. The second-order valence-corrected chi connectivity index (χ2v) is 10.8. The van der Waals surface area contributed by atoms with E-state index in [0.717, 1.165) is 24.8 Å². The zero-order valence-corrected chi connectivity index (χ0v) is 20.9. The molecule has 0 aliphatic carbocycles. The molecule has 0 bridgehead atoms. The number of anilines is 1. The third kappa shape index (κ3) is 5.52. The van der Waals surface area contributed by atoms with Crippen molar-refractivity contribution in [2.45, 2.75) is 44.9 Å². The Morgan fingerprint density at radius 3 is 2.49 bits per heavy atom. The lowest BCUT2D eigenvalue weighted by molar-refractivity contribution is -0.119. The highest BCUT2D eigenvalue weighted by molar-refractivity contribution is 7.89. The van der Waals surface area contributed by atoms with Gasteiger partial charge in [0, 0.05) is 29.9 Å². The van der Waals surface area contributed by atoms with Crippen LogP contribution >= 0.6 is 0 Å². The molecule has 1 amide bonds. The quantitative estimate of drug-likeness (QED) is 0.516. The maximum absolute atomic E-state index is 13.0. The van der Waals surface area contributed by atoms with E-state index in [9.17, 15) is 18.0 Å². The maximum atomic E-state index is 13.0. The van der Waals surface area contributed by atoms with E-state index in [1.165, 1.54) is 10.4 Å². The molecule has 3 aromatic rings. The van der Waals surface area contributed by atoms with Crippen LogP contribution in [0.15, 0.2) is 47.4 Å². The number of ether oxygens (including phenoxy) is 1. The summed E-state index contributed by atoms with van der Waals surface area (Å²) in [6.07, 6.45) is 2.70. The SMILES string of the molecule is Cc1ccc2nc(C)cc(C(=O)OCC(=O)Nc3cc(S(=O)(=O)N4CCCCC4)ccc3C)c2c1. The van der Waals surface area contributed by atoms with Crippen LogP contribution in [0.25, 0.3) is 10.9 Å². The van der Waals surface area contributed by atoms with E-state index < -0.39 is 28.5 Å². The lowest BCUT2D eigenvalue weighted by Crippen LogP contribution is -2.35. The molecule has 1 N–H and O–H groups in total. The van der Waals surface area contributed by atoms with E-state index in [1.54, 1.807) is 32.0 Å². The number of pyridine rings is 1. The van der Waals surface area contributed by atoms with Gasteiger partial charge in [0.1, 0.15) is 0 Å². The first-order valence-corrected chi connectivity index (χ1v) is 13.0. The minimum Gasteiger partial charge on any atom is -0.452 e. The fourth-order valence-electron chi connectivity index (χ4n) is 4.19. The van der Waals surface area contributed by atoms with E-state index in [4.69, 9.17) is 4.74 Å². The predicted molar refractivity (Wildman–Crippen MR) is 134 cm³/mol. The van der Waals surface area contributed by atoms with Gasteiger partial charge in [0.05, 0.1) is 16.0 Å². The first-order chi connectivity index (χ1) is 16.6. The zero-order valence-electron chi connectivity index (χ0n) is 20.1. The number of hydrogen-bond acceptors (Lipinski definition) is 6. The normalized spacial score (nSPS) is 14.6. The van der Waals surface area contributed by atoms with Crippen molar-refractivity contribution in [1.29, 1.82) is 0 Å². The van der Waals surface area contributed by atoms with Gasteiger partial charge in [-0.2, -0.15) is 4.31 Å². The number of sulfonamides is 1. The second kappa shape index (κ2) is 10.1. The van der Waals surface area contributed by atoms with Gasteiger partial charge in [-0.1, -0.05) is 24.1 Å². The third-order valence-corrected chi connectivity index (χ3v) is 7.98. The van der Waals surface area contributed by atoms with Crippen molar-refractivity contribution in [3.63, 3.8) is 0 Å². The number of nitrogens with one attached hydrogen (secondary N) is 1. The van der Waals surface area contributed by atoms with Crippen LogP contribution in [0.4, 0.5) is 5.69 Å². The molecule has 0 unspecified atom stereocenters. The molecule has 0 saturated carbocycles. The van der Waals surface area contributed by atoms with Crippen molar-refractivity contribution < 1.29 is 22.7 Å². The van der Waals surface area contributed by atoms with E-state index in [2.05, 4.69) is 10.3 Å². The first kappa shape index (κ1) is 24.8. The largest absolute Gasteiger partial charge is 0.452 e. The number of nitrogens with zero attached hydrogens (tertiary/aromatic N) is 2. The molecule has 0 spiro atoms. The Morgan fingerprint density at radius 2 is 1.74 bits per heavy atom. The summed E-state index contributed by atoms with van der Waals surface area (Å²) in [6.45, 7) is 5.97. The molecule has 184 valence electrons. The van der Waals surface area contributed by atoms with Gasteiger partial charge in [0.2, 0.25) is 10.0 Å². The first-order valence-electron chi connectivity index (χ1n) is 11.6. The molecular formula is C26H29N3O5S. The Balaban J connectivity index is 1.47. The molecule has 9 heteroatoms. The van der Waals surface area contributed by atoms with Crippen LogP contribution in [0, 0.1) is 20.8 Å². The summed E-state index contributed by atoms with van der Waals surface area (Å²) in [5, 5.41) is 3.34. The van der Waals surface area contributed by atoms with E-state index in [-0.39, 0.29) is 4.90 Å². The number of carbonyl (C=O) groups is 2. The van der Waals surface area contributed by atoms with E-state index in [0.29, 0.717) is 46.5 Å². The van der Waals surface area contributed by atoms with Crippen LogP contribution < -0.4 is 5.32 Å². The van der Waals surface area contributed by atoms with Gasteiger partial charge in [-0.05, 0) is 69.5 Å². The molecule has 1 saturated heterocycles. The van der Waals surface area contributed by atoms with Gasteiger partial charge in [0.15, 0.2) is 6.61 Å². The minimum absolute atomic E-state index is 0.131. The van der Waals surface area contributed by atoms with Gasteiger partial charge >= 0.3 is 5.97 Å². The summed E-state index contributed by atoms with van der Waals surface area (Å²) >= 11 is 0. The number of amides is 1. The van der Waals surface area contributed by atoms with Crippen LogP contribution in [0.3, 0.4) is 0 Å². The summed E-state index contributed by atoms with van der Waals surface area (Å²) < 4.78 is 32.8. The number of rotatable bonds is 6. The smallest absolute Gasteiger partial charge is 0.339 e. The monoisotopic (exact) mass is 495 g/mol. The number of aryl methyl sites for hydroxylation is 3. The number of fused-ring (bicyclic) bond motifs is 1. The molecule has 8 nitrogen and oxygen atoms in total. The van der Waals surface area contributed by atoms with Crippen molar-refractivity contribution in [3.05, 3.63) is 64.8 Å². The third-order valence-electron chi connectivity index (χ3n) is 6.08. The number of piperidine rings is 1. The molecule has 4 rings (SSSR count). The zero-order chi connectivity index (χ0) is 25.2. The molecule has 1 fully saturated rings. The molecule has 2 heterocycles. The highest BCUT2D eigenvalue weighted by Gasteiger charge is 2.26. The average molecular weight is 496 g/mol. The Hall–Kier alpha value is -3.30. The molecule has 0 atom stereocenters. The Bertz CT molecular complexity index is 1400. The summed E-state index contributed by atoms with van der Waals surface area (Å²) in [7, 11) is -3.64. The van der Waals surface area contributed by atoms with Crippen molar-refractivity contribution >= 4 is 38.5 Å².